The molecule has 0 radical (unpaired) electrons. The summed E-state index contributed by atoms with van der Waals surface area (Å²) in [5.41, 5.74) is 1.89. The first-order valence-corrected chi connectivity index (χ1v) is 6.66. The number of aryl methyl sites for hydroxylation is 1. The van der Waals surface area contributed by atoms with Gasteiger partial charge < -0.3 is 9.47 Å². The summed E-state index contributed by atoms with van der Waals surface area (Å²) < 4.78 is 24.3. The second-order valence-electron chi connectivity index (χ2n) is 4.61. The Labute approximate surface area is 123 Å². The van der Waals surface area contributed by atoms with Crippen molar-refractivity contribution in [1.29, 1.82) is 5.26 Å². The third-order valence-electron chi connectivity index (χ3n) is 2.90. The van der Waals surface area contributed by atoms with Gasteiger partial charge in [-0.15, -0.1) is 0 Å². The van der Waals surface area contributed by atoms with Gasteiger partial charge in [0.1, 0.15) is 19.0 Å². The van der Waals surface area contributed by atoms with Crippen molar-refractivity contribution in [1.82, 2.24) is 0 Å². The predicted molar refractivity (Wildman–Crippen MR) is 77.9 cm³/mol. The van der Waals surface area contributed by atoms with Gasteiger partial charge in [-0.05, 0) is 42.3 Å². The zero-order valence-corrected chi connectivity index (χ0v) is 11.8. The Kier molecular flexibility index (Phi) is 5.16. The molecule has 0 bridgehead atoms. The first-order chi connectivity index (χ1) is 10.2. The monoisotopic (exact) mass is 285 g/mol. The molecular weight excluding hydrogens is 269 g/mol. The lowest BCUT2D eigenvalue weighted by Crippen LogP contribution is -2.09. The van der Waals surface area contributed by atoms with Crippen molar-refractivity contribution in [3.8, 4) is 17.6 Å². The minimum absolute atomic E-state index is 0.239. The summed E-state index contributed by atoms with van der Waals surface area (Å²) in [6.07, 6.45) is 0.385. The molecule has 4 heteroatoms. The number of ether oxygens (including phenoxy) is 2. The minimum Gasteiger partial charge on any atom is -0.490 e. The highest BCUT2D eigenvalue weighted by atomic mass is 19.1. The third kappa shape index (κ3) is 4.50. The van der Waals surface area contributed by atoms with Crippen molar-refractivity contribution in [2.45, 2.75) is 13.3 Å². The molecule has 0 heterocycles. The van der Waals surface area contributed by atoms with Crippen molar-refractivity contribution >= 4 is 0 Å². The molecule has 0 unspecified atom stereocenters. The van der Waals surface area contributed by atoms with Crippen LogP contribution >= 0.6 is 0 Å². The van der Waals surface area contributed by atoms with Gasteiger partial charge in [0, 0.05) is 0 Å². The quantitative estimate of drug-likeness (QED) is 0.761. The second kappa shape index (κ2) is 7.30. The van der Waals surface area contributed by atoms with Crippen LogP contribution in [0.3, 0.4) is 0 Å². The van der Waals surface area contributed by atoms with Crippen molar-refractivity contribution < 1.29 is 13.9 Å². The fraction of sp³-hybridized carbons (Fsp3) is 0.235. The van der Waals surface area contributed by atoms with Gasteiger partial charge in [-0.1, -0.05) is 18.2 Å². The lowest BCUT2D eigenvalue weighted by atomic mass is 10.2. The molecule has 0 aromatic heterocycles. The molecular formula is C17H16FNO2. The molecule has 0 amide bonds. The highest BCUT2D eigenvalue weighted by Crippen LogP contribution is 2.18. The van der Waals surface area contributed by atoms with E-state index in [9.17, 15) is 4.39 Å². The van der Waals surface area contributed by atoms with E-state index < -0.39 is 0 Å². The molecule has 0 aliphatic rings. The maximum absolute atomic E-state index is 13.4. The third-order valence-corrected chi connectivity index (χ3v) is 2.90. The first-order valence-electron chi connectivity index (χ1n) is 6.66. The van der Waals surface area contributed by atoms with Gasteiger partial charge in [-0.2, -0.15) is 5.26 Å². The lowest BCUT2D eigenvalue weighted by Gasteiger charge is -2.09. The number of benzene rings is 2. The molecule has 0 spiro atoms. The van der Waals surface area contributed by atoms with Gasteiger partial charge >= 0.3 is 0 Å². The molecule has 0 atom stereocenters. The van der Waals surface area contributed by atoms with E-state index in [2.05, 4.69) is 6.07 Å². The van der Waals surface area contributed by atoms with E-state index in [0.717, 1.165) is 11.1 Å². The Morgan fingerprint density at radius 1 is 1.05 bits per heavy atom. The summed E-state index contributed by atoms with van der Waals surface area (Å²) in [7, 11) is 0. The van der Waals surface area contributed by atoms with E-state index in [-0.39, 0.29) is 18.2 Å². The van der Waals surface area contributed by atoms with E-state index >= 15 is 0 Å². The van der Waals surface area contributed by atoms with Crippen LogP contribution < -0.4 is 9.47 Å². The summed E-state index contributed by atoms with van der Waals surface area (Å²) in [6.45, 7) is 2.47. The van der Waals surface area contributed by atoms with Gasteiger partial charge in [-0.3, -0.25) is 0 Å². The molecule has 2 aromatic rings. The average molecular weight is 285 g/mol. The number of halogens is 1. The molecule has 2 aromatic carbocycles. The Morgan fingerprint density at radius 2 is 1.76 bits per heavy atom. The van der Waals surface area contributed by atoms with Crippen LogP contribution in [-0.2, 0) is 6.42 Å². The van der Waals surface area contributed by atoms with Crippen LogP contribution in [0.15, 0.2) is 42.5 Å². The van der Waals surface area contributed by atoms with Crippen LogP contribution in [0, 0.1) is 24.1 Å². The van der Waals surface area contributed by atoms with E-state index in [0.29, 0.717) is 18.8 Å². The van der Waals surface area contributed by atoms with Crippen LogP contribution in [-0.4, -0.2) is 13.2 Å². The maximum atomic E-state index is 13.4. The standard InChI is InChI=1S/C17H16FNO2/c1-13-2-7-16(18)17(12-13)21-11-10-20-15-5-3-14(4-6-15)8-9-19/h2-7,12H,8,10-11H2,1H3. The molecule has 2 rings (SSSR count). The first kappa shape index (κ1) is 14.9. The van der Waals surface area contributed by atoms with Crippen LogP contribution in [0.1, 0.15) is 11.1 Å². The summed E-state index contributed by atoms with van der Waals surface area (Å²) in [6, 6.07) is 14.1. The molecule has 0 saturated carbocycles. The van der Waals surface area contributed by atoms with E-state index in [1.165, 1.54) is 6.07 Å². The molecule has 3 nitrogen and oxygen atoms in total. The van der Waals surface area contributed by atoms with E-state index in [4.69, 9.17) is 14.7 Å². The molecule has 0 aliphatic carbocycles. The van der Waals surface area contributed by atoms with Crippen LogP contribution in [0.4, 0.5) is 4.39 Å². The number of hydrogen-bond donors (Lipinski definition) is 0. The summed E-state index contributed by atoms with van der Waals surface area (Å²) >= 11 is 0. The van der Waals surface area contributed by atoms with Crippen molar-refractivity contribution in [3.63, 3.8) is 0 Å². The zero-order valence-electron chi connectivity index (χ0n) is 11.8. The topological polar surface area (TPSA) is 42.2 Å². The predicted octanol–water partition coefficient (Wildman–Crippen LogP) is 3.66. The number of nitriles is 1. The summed E-state index contributed by atoms with van der Waals surface area (Å²) in [5, 5.41) is 8.58. The van der Waals surface area contributed by atoms with Crippen LogP contribution in [0.2, 0.25) is 0 Å². The number of nitrogens with zero attached hydrogens (tertiary/aromatic N) is 1. The van der Waals surface area contributed by atoms with E-state index in [1.807, 2.05) is 19.1 Å². The maximum Gasteiger partial charge on any atom is 0.165 e. The summed E-state index contributed by atoms with van der Waals surface area (Å²) in [4.78, 5) is 0. The Morgan fingerprint density at radius 3 is 2.48 bits per heavy atom. The molecule has 0 aliphatic heterocycles. The van der Waals surface area contributed by atoms with Crippen molar-refractivity contribution in [3.05, 3.63) is 59.4 Å². The Balaban J connectivity index is 1.79. The van der Waals surface area contributed by atoms with Gasteiger partial charge in [0.2, 0.25) is 0 Å². The molecule has 0 saturated heterocycles. The van der Waals surface area contributed by atoms with Crippen LogP contribution in [0.5, 0.6) is 11.5 Å². The number of hydrogen-bond acceptors (Lipinski definition) is 3. The minimum atomic E-state index is -0.374. The van der Waals surface area contributed by atoms with Gasteiger partial charge in [0.15, 0.2) is 11.6 Å². The zero-order chi connectivity index (χ0) is 15.1. The van der Waals surface area contributed by atoms with Crippen molar-refractivity contribution in [2.24, 2.45) is 0 Å². The molecule has 0 fully saturated rings. The normalized spacial score (nSPS) is 9.95. The van der Waals surface area contributed by atoms with Gasteiger partial charge in [0.25, 0.3) is 0 Å². The Hall–Kier alpha value is -2.54. The highest BCUT2D eigenvalue weighted by molar-refractivity contribution is 5.30. The van der Waals surface area contributed by atoms with Crippen LogP contribution in [0.25, 0.3) is 0 Å². The number of rotatable bonds is 6. The Bertz CT molecular complexity index is 632. The molecule has 108 valence electrons. The van der Waals surface area contributed by atoms with Crippen molar-refractivity contribution in [2.75, 3.05) is 13.2 Å². The SMILES string of the molecule is Cc1ccc(F)c(OCCOc2ccc(CC#N)cc2)c1. The lowest BCUT2D eigenvalue weighted by molar-refractivity contribution is 0.211. The smallest absolute Gasteiger partial charge is 0.165 e. The average Bonchev–Trinajstić information content (AvgIpc) is 2.49. The highest BCUT2D eigenvalue weighted by Gasteiger charge is 2.03. The molecule has 0 N–H and O–H groups in total. The van der Waals surface area contributed by atoms with Gasteiger partial charge in [0.05, 0.1) is 12.5 Å². The second-order valence-corrected chi connectivity index (χ2v) is 4.61. The fourth-order valence-electron chi connectivity index (χ4n) is 1.83. The van der Waals surface area contributed by atoms with E-state index in [1.54, 1.807) is 24.3 Å². The molecule has 21 heavy (non-hydrogen) atoms. The fourth-order valence-corrected chi connectivity index (χ4v) is 1.83. The largest absolute Gasteiger partial charge is 0.490 e. The van der Waals surface area contributed by atoms with Gasteiger partial charge in [-0.25, -0.2) is 4.39 Å². The summed E-state index contributed by atoms with van der Waals surface area (Å²) in [5.74, 6) is 0.564.